The molecule has 0 spiro atoms. The van der Waals surface area contributed by atoms with Crippen molar-refractivity contribution < 1.29 is 9.59 Å². The third kappa shape index (κ3) is 4.84. The number of carbonyl (C=O) groups excluding carboxylic acids is 2. The molecule has 0 bridgehead atoms. The molecule has 1 aliphatic heterocycles. The molecule has 0 saturated carbocycles. The first-order valence-corrected chi connectivity index (χ1v) is 10.1. The first kappa shape index (κ1) is 19.6. The Hall–Kier alpha value is -3.67. The van der Waals surface area contributed by atoms with Crippen LogP contribution in [0, 0.1) is 0 Å². The van der Waals surface area contributed by atoms with Gasteiger partial charge in [-0.2, -0.15) is 0 Å². The van der Waals surface area contributed by atoms with Gasteiger partial charge in [-0.1, -0.05) is 48.5 Å². The van der Waals surface area contributed by atoms with Gasteiger partial charge < -0.3 is 15.5 Å². The summed E-state index contributed by atoms with van der Waals surface area (Å²) in [6.45, 7) is 1.92. The average molecular weight is 400 g/mol. The third-order valence-corrected chi connectivity index (χ3v) is 5.19. The number of nitrogens with zero attached hydrogens (tertiary/aromatic N) is 2. The average Bonchev–Trinajstić information content (AvgIpc) is 3.18. The second-order valence-electron chi connectivity index (χ2n) is 7.32. The Bertz CT molecular complexity index is 1020. The Morgan fingerprint density at radius 3 is 2.60 bits per heavy atom. The van der Waals surface area contributed by atoms with Gasteiger partial charge in [0, 0.05) is 32.3 Å². The second kappa shape index (κ2) is 9.22. The standard InChI is InChI=1S/C24H24N4O2/c29-23-8-4-14-28(23)17-18-9-11-19(12-10-18)22-7-2-1-5-20(22)15-26-24(30)27-21-6-3-13-25-16-21/h1-3,5-7,9-13,16H,4,8,14-15,17H2,(H2,26,27,30). The summed E-state index contributed by atoms with van der Waals surface area (Å²) in [5.41, 5.74) is 4.96. The summed E-state index contributed by atoms with van der Waals surface area (Å²) in [5.74, 6) is 0.236. The Kier molecular flexibility index (Phi) is 6.03. The molecule has 6 heteroatoms. The van der Waals surface area contributed by atoms with Crippen molar-refractivity contribution >= 4 is 17.6 Å². The summed E-state index contributed by atoms with van der Waals surface area (Å²) >= 11 is 0. The smallest absolute Gasteiger partial charge is 0.319 e. The summed E-state index contributed by atoms with van der Waals surface area (Å²) in [7, 11) is 0. The number of anilines is 1. The van der Waals surface area contributed by atoms with E-state index in [1.165, 1.54) is 0 Å². The first-order valence-electron chi connectivity index (χ1n) is 10.1. The topological polar surface area (TPSA) is 74.3 Å². The van der Waals surface area contributed by atoms with Gasteiger partial charge in [-0.3, -0.25) is 9.78 Å². The Morgan fingerprint density at radius 1 is 1.03 bits per heavy atom. The fourth-order valence-corrected chi connectivity index (χ4v) is 3.62. The van der Waals surface area contributed by atoms with E-state index in [1.54, 1.807) is 24.5 Å². The molecule has 30 heavy (non-hydrogen) atoms. The molecular formula is C24H24N4O2. The highest BCUT2D eigenvalue weighted by molar-refractivity contribution is 5.89. The van der Waals surface area contributed by atoms with Crippen LogP contribution in [-0.2, 0) is 17.9 Å². The summed E-state index contributed by atoms with van der Waals surface area (Å²) < 4.78 is 0. The van der Waals surface area contributed by atoms with Gasteiger partial charge in [0.15, 0.2) is 0 Å². The first-order chi connectivity index (χ1) is 14.7. The van der Waals surface area contributed by atoms with E-state index in [2.05, 4.69) is 45.9 Å². The molecule has 2 aromatic carbocycles. The number of nitrogens with one attached hydrogen (secondary N) is 2. The van der Waals surface area contributed by atoms with Gasteiger partial charge in [-0.15, -0.1) is 0 Å². The number of likely N-dealkylation sites (tertiary alicyclic amines) is 1. The highest BCUT2D eigenvalue weighted by Crippen LogP contribution is 2.25. The van der Waals surface area contributed by atoms with E-state index in [-0.39, 0.29) is 11.9 Å². The Labute approximate surface area is 175 Å². The van der Waals surface area contributed by atoms with Crippen LogP contribution in [0.15, 0.2) is 73.1 Å². The van der Waals surface area contributed by atoms with Crippen LogP contribution in [-0.4, -0.2) is 28.4 Å². The van der Waals surface area contributed by atoms with E-state index in [4.69, 9.17) is 0 Å². The number of aromatic nitrogens is 1. The number of rotatable bonds is 6. The van der Waals surface area contributed by atoms with Gasteiger partial charge >= 0.3 is 6.03 Å². The SMILES string of the molecule is O=C(NCc1ccccc1-c1ccc(CN2CCCC2=O)cc1)Nc1cccnc1. The molecule has 6 nitrogen and oxygen atoms in total. The van der Waals surface area contributed by atoms with Crippen molar-refractivity contribution in [2.75, 3.05) is 11.9 Å². The highest BCUT2D eigenvalue weighted by atomic mass is 16.2. The van der Waals surface area contributed by atoms with Gasteiger partial charge in [-0.05, 0) is 40.8 Å². The summed E-state index contributed by atoms with van der Waals surface area (Å²) in [5, 5.41) is 5.67. The fourth-order valence-electron chi connectivity index (χ4n) is 3.62. The van der Waals surface area contributed by atoms with Crippen molar-refractivity contribution in [2.45, 2.75) is 25.9 Å². The molecule has 1 aliphatic rings. The van der Waals surface area contributed by atoms with Crippen molar-refractivity contribution in [3.05, 3.63) is 84.2 Å². The van der Waals surface area contributed by atoms with E-state index in [0.29, 0.717) is 25.2 Å². The van der Waals surface area contributed by atoms with Gasteiger partial charge in [0.1, 0.15) is 0 Å². The number of carbonyl (C=O) groups is 2. The fraction of sp³-hybridized carbons (Fsp3) is 0.208. The molecule has 2 heterocycles. The van der Waals surface area contributed by atoms with Crippen LogP contribution in [0.1, 0.15) is 24.0 Å². The number of amides is 3. The molecule has 152 valence electrons. The van der Waals surface area contributed by atoms with Crippen LogP contribution >= 0.6 is 0 Å². The Morgan fingerprint density at radius 2 is 1.87 bits per heavy atom. The molecule has 0 aliphatic carbocycles. The van der Waals surface area contributed by atoms with Crippen molar-refractivity contribution in [1.82, 2.24) is 15.2 Å². The van der Waals surface area contributed by atoms with Gasteiger partial charge in [0.2, 0.25) is 5.91 Å². The summed E-state index contributed by atoms with van der Waals surface area (Å²) in [4.78, 5) is 29.9. The molecule has 2 N–H and O–H groups in total. The molecule has 0 atom stereocenters. The molecule has 1 aromatic heterocycles. The lowest BCUT2D eigenvalue weighted by Gasteiger charge is -2.16. The number of hydrogen-bond acceptors (Lipinski definition) is 3. The third-order valence-electron chi connectivity index (χ3n) is 5.19. The molecule has 4 rings (SSSR count). The van der Waals surface area contributed by atoms with Crippen LogP contribution in [0.3, 0.4) is 0 Å². The zero-order valence-electron chi connectivity index (χ0n) is 16.7. The lowest BCUT2D eigenvalue weighted by Crippen LogP contribution is -2.28. The number of urea groups is 1. The maximum atomic E-state index is 12.2. The lowest BCUT2D eigenvalue weighted by atomic mass is 9.98. The van der Waals surface area contributed by atoms with E-state index < -0.39 is 0 Å². The van der Waals surface area contributed by atoms with Crippen molar-refractivity contribution in [2.24, 2.45) is 0 Å². The Balaban J connectivity index is 1.41. The van der Waals surface area contributed by atoms with Gasteiger partial charge in [0.05, 0.1) is 11.9 Å². The quantitative estimate of drug-likeness (QED) is 0.651. The molecule has 3 aromatic rings. The largest absolute Gasteiger partial charge is 0.338 e. The van der Waals surface area contributed by atoms with Crippen molar-refractivity contribution in [1.29, 1.82) is 0 Å². The zero-order chi connectivity index (χ0) is 20.8. The molecule has 1 fully saturated rings. The number of pyridine rings is 1. The molecule has 0 radical (unpaired) electrons. The highest BCUT2D eigenvalue weighted by Gasteiger charge is 2.19. The van der Waals surface area contributed by atoms with E-state index in [0.717, 1.165) is 35.2 Å². The molecule has 1 saturated heterocycles. The molecular weight excluding hydrogens is 376 g/mol. The number of benzene rings is 2. The minimum atomic E-state index is -0.275. The van der Waals surface area contributed by atoms with Gasteiger partial charge in [-0.25, -0.2) is 4.79 Å². The maximum Gasteiger partial charge on any atom is 0.319 e. The molecule has 3 amide bonds. The second-order valence-corrected chi connectivity index (χ2v) is 7.32. The minimum absolute atomic E-state index is 0.236. The summed E-state index contributed by atoms with van der Waals surface area (Å²) in [6.07, 6.45) is 4.87. The number of hydrogen-bond donors (Lipinski definition) is 2. The maximum absolute atomic E-state index is 12.2. The van der Waals surface area contributed by atoms with Crippen LogP contribution < -0.4 is 10.6 Å². The predicted molar refractivity (Wildman–Crippen MR) is 117 cm³/mol. The van der Waals surface area contributed by atoms with E-state index >= 15 is 0 Å². The summed E-state index contributed by atoms with van der Waals surface area (Å²) in [6, 6.07) is 19.6. The monoisotopic (exact) mass is 400 g/mol. The zero-order valence-corrected chi connectivity index (χ0v) is 16.7. The van der Waals surface area contributed by atoms with Crippen LogP contribution in [0.25, 0.3) is 11.1 Å². The molecule has 0 unspecified atom stereocenters. The van der Waals surface area contributed by atoms with Crippen molar-refractivity contribution in [3.63, 3.8) is 0 Å². The van der Waals surface area contributed by atoms with Crippen LogP contribution in [0.2, 0.25) is 0 Å². The van der Waals surface area contributed by atoms with E-state index in [1.807, 2.05) is 23.1 Å². The van der Waals surface area contributed by atoms with Crippen LogP contribution in [0.5, 0.6) is 0 Å². The van der Waals surface area contributed by atoms with Crippen molar-refractivity contribution in [3.8, 4) is 11.1 Å². The predicted octanol–water partition coefficient (Wildman–Crippen LogP) is 4.19. The minimum Gasteiger partial charge on any atom is -0.338 e. The van der Waals surface area contributed by atoms with Crippen LogP contribution in [0.4, 0.5) is 10.5 Å². The normalized spacial score (nSPS) is 13.3. The van der Waals surface area contributed by atoms with Gasteiger partial charge in [0.25, 0.3) is 0 Å². The lowest BCUT2D eigenvalue weighted by molar-refractivity contribution is -0.128. The van der Waals surface area contributed by atoms with E-state index in [9.17, 15) is 9.59 Å².